The van der Waals surface area contributed by atoms with Crippen LogP contribution in [0.1, 0.15) is 145 Å². The SMILES string of the molecule is C=Cc1ccc([C@@H](CCCC2=CCCCCC2)CCC(C)C(=O)c2c/c(=C/C3=C(C)CC[C@H](C(C)(C)C)C3)c(=C)s2)cc1. The zero-order valence-electron chi connectivity index (χ0n) is 27.8. The highest BCUT2D eigenvalue weighted by atomic mass is 32.1. The van der Waals surface area contributed by atoms with Crippen LogP contribution in [0.25, 0.3) is 18.7 Å². The number of ketones is 1. The topological polar surface area (TPSA) is 17.1 Å². The second-order valence-electron chi connectivity index (χ2n) is 14.5. The zero-order chi connectivity index (χ0) is 31.0. The summed E-state index contributed by atoms with van der Waals surface area (Å²) in [5.74, 6) is 1.46. The first-order valence-corrected chi connectivity index (χ1v) is 17.8. The largest absolute Gasteiger partial charge is 0.293 e. The van der Waals surface area contributed by atoms with E-state index in [1.165, 1.54) is 80.9 Å². The molecule has 232 valence electrons. The molecule has 2 aliphatic rings. The molecule has 0 spiro atoms. The lowest BCUT2D eigenvalue weighted by atomic mass is 9.70. The number of thiophene rings is 1. The zero-order valence-corrected chi connectivity index (χ0v) is 28.6. The Morgan fingerprint density at radius 2 is 1.84 bits per heavy atom. The van der Waals surface area contributed by atoms with E-state index in [2.05, 4.69) is 90.3 Å². The Bertz CT molecular complexity index is 1410. The molecule has 0 bridgehead atoms. The number of carbonyl (C=O) groups is 1. The van der Waals surface area contributed by atoms with Gasteiger partial charge < -0.3 is 0 Å². The van der Waals surface area contributed by atoms with Gasteiger partial charge in [0, 0.05) is 10.5 Å². The van der Waals surface area contributed by atoms with Crippen molar-refractivity contribution in [2.75, 3.05) is 0 Å². The Balaban J connectivity index is 1.43. The number of carbonyl (C=O) groups excluding carboxylic acids is 1. The van der Waals surface area contributed by atoms with Gasteiger partial charge >= 0.3 is 0 Å². The second-order valence-corrected chi connectivity index (χ2v) is 15.6. The van der Waals surface area contributed by atoms with Crippen molar-refractivity contribution < 1.29 is 4.79 Å². The van der Waals surface area contributed by atoms with Crippen LogP contribution in [0.5, 0.6) is 0 Å². The van der Waals surface area contributed by atoms with Crippen molar-refractivity contribution >= 4 is 35.9 Å². The maximum absolute atomic E-state index is 13.7. The van der Waals surface area contributed by atoms with Gasteiger partial charge in [0.2, 0.25) is 0 Å². The third kappa shape index (κ3) is 9.52. The van der Waals surface area contributed by atoms with Crippen LogP contribution in [0.4, 0.5) is 0 Å². The third-order valence-electron chi connectivity index (χ3n) is 10.2. The van der Waals surface area contributed by atoms with Gasteiger partial charge in [0.25, 0.3) is 0 Å². The molecule has 4 rings (SSSR count). The van der Waals surface area contributed by atoms with Crippen molar-refractivity contribution in [3.8, 4) is 0 Å². The van der Waals surface area contributed by atoms with E-state index in [1.807, 2.05) is 6.08 Å². The molecule has 0 saturated heterocycles. The summed E-state index contributed by atoms with van der Waals surface area (Å²) in [6, 6.07) is 11.1. The van der Waals surface area contributed by atoms with Gasteiger partial charge in [-0.3, -0.25) is 4.79 Å². The fourth-order valence-corrected chi connectivity index (χ4v) is 7.97. The highest BCUT2D eigenvalue weighted by molar-refractivity contribution is 7.11. The monoisotopic (exact) mass is 596 g/mol. The molecule has 3 atom stereocenters. The smallest absolute Gasteiger partial charge is 0.175 e. The quantitative estimate of drug-likeness (QED) is 0.176. The normalized spacial score (nSPS) is 20.0. The van der Waals surface area contributed by atoms with Crippen molar-refractivity contribution in [1.82, 2.24) is 0 Å². The molecular weight excluding hydrogens is 541 g/mol. The van der Waals surface area contributed by atoms with E-state index in [1.54, 1.807) is 16.9 Å². The fraction of sp³-hybridized carbons (Fsp3) is 0.537. The first-order chi connectivity index (χ1) is 20.5. The highest BCUT2D eigenvalue weighted by Crippen LogP contribution is 2.40. The van der Waals surface area contributed by atoms with Gasteiger partial charge in [0.15, 0.2) is 5.78 Å². The van der Waals surface area contributed by atoms with Crippen molar-refractivity contribution in [2.24, 2.45) is 17.3 Å². The summed E-state index contributed by atoms with van der Waals surface area (Å²) >= 11 is 1.58. The lowest BCUT2D eigenvalue weighted by molar-refractivity contribution is 0.0925. The molecule has 1 nitrogen and oxygen atoms in total. The molecule has 2 heteroatoms. The predicted octanol–water partition coefficient (Wildman–Crippen LogP) is 11.2. The summed E-state index contributed by atoms with van der Waals surface area (Å²) in [6.45, 7) is 19.8. The van der Waals surface area contributed by atoms with Crippen LogP contribution in [-0.2, 0) is 0 Å². The molecule has 1 unspecified atom stereocenters. The second kappa shape index (κ2) is 15.5. The molecule has 0 amide bonds. The van der Waals surface area contributed by atoms with Gasteiger partial charge in [-0.05, 0) is 129 Å². The minimum Gasteiger partial charge on any atom is -0.293 e. The molecule has 0 aliphatic heterocycles. The molecular formula is C41H56OS. The molecule has 43 heavy (non-hydrogen) atoms. The number of Topliss-reactive ketones (excluding diaryl/α,β-unsaturated/α-hetero) is 1. The maximum Gasteiger partial charge on any atom is 0.175 e. The van der Waals surface area contributed by atoms with E-state index in [9.17, 15) is 4.79 Å². The number of rotatable bonds is 12. The molecule has 1 heterocycles. The molecule has 0 N–H and O–H groups in total. The molecule has 0 fully saturated rings. The minimum absolute atomic E-state index is 0.00585. The summed E-state index contributed by atoms with van der Waals surface area (Å²) < 4.78 is 1.02. The van der Waals surface area contributed by atoms with E-state index in [0.717, 1.165) is 39.5 Å². The summed E-state index contributed by atoms with van der Waals surface area (Å²) in [5.41, 5.74) is 7.50. The number of benzene rings is 1. The van der Waals surface area contributed by atoms with Gasteiger partial charge in [0.1, 0.15) is 0 Å². The number of allylic oxidation sites excluding steroid dienone is 4. The van der Waals surface area contributed by atoms with Crippen molar-refractivity contribution in [1.29, 1.82) is 0 Å². The first kappa shape index (κ1) is 33.4. The van der Waals surface area contributed by atoms with Crippen LogP contribution < -0.4 is 9.75 Å². The van der Waals surface area contributed by atoms with E-state index in [-0.39, 0.29) is 11.7 Å². The summed E-state index contributed by atoms with van der Waals surface area (Å²) in [5, 5.41) is 1.14. The van der Waals surface area contributed by atoms with Crippen LogP contribution in [0.2, 0.25) is 0 Å². The van der Waals surface area contributed by atoms with Crippen LogP contribution >= 0.6 is 11.3 Å². The summed E-state index contributed by atoms with van der Waals surface area (Å²) in [4.78, 5) is 14.5. The van der Waals surface area contributed by atoms with Crippen molar-refractivity contribution in [3.63, 3.8) is 0 Å². The predicted molar refractivity (Wildman–Crippen MR) is 190 cm³/mol. The van der Waals surface area contributed by atoms with E-state index < -0.39 is 0 Å². The van der Waals surface area contributed by atoms with E-state index in [0.29, 0.717) is 17.3 Å². The molecule has 2 aromatic rings. The van der Waals surface area contributed by atoms with Crippen LogP contribution in [0.15, 0.2) is 59.7 Å². The van der Waals surface area contributed by atoms with Crippen molar-refractivity contribution in [2.45, 2.75) is 124 Å². The third-order valence-corrected chi connectivity index (χ3v) is 11.3. The van der Waals surface area contributed by atoms with E-state index >= 15 is 0 Å². The van der Waals surface area contributed by atoms with Gasteiger partial charge in [-0.2, -0.15) is 0 Å². The van der Waals surface area contributed by atoms with Gasteiger partial charge in [-0.25, -0.2) is 0 Å². The molecule has 0 radical (unpaired) electrons. The first-order valence-electron chi connectivity index (χ1n) is 17.0. The van der Waals surface area contributed by atoms with Gasteiger partial charge in [-0.1, -0.05) is 101 Å². The van der Waals surface area contributed by atoms with Crippen LogP contribution in [0.3, 0.4) is 0 Å². The maximum atomic E-state index is 13.7. The van der Waals surface area contributed by atoms with Gasteiger partial charge in [0.05, 0.1) is 4.88 Å². The summed E-state index contributed by atoms with van der Waals surface area (Å²) in [6.07, 6.45) is 22.5. The van der Waals surface area contributed by atoms with E-state index in [4.69, 9.17) is 0 Å². The Labute approximate surface area is 266 Å². The Kier molecular flexibility index (Phi) is 12.1. The minimum atomic E-state index is 0.00585. The molecule has 2 aliphatic carbocycles. The van der Waals surface area contributed by atoms with Gasteiger partial charge in [-0.15, -0.1) is 11.3 Å². The highest BCUT2D eigenvalue weighted by Gasteiger charge is 2.28. The lowest BCUT2D eigenvalue weighted by Gasteiger charge is -2.35. The molecule has 1 aromatic heterocycles. The average molecular weight is 597 g/mol. The number of hydrogen-bond donors (Lipinski definition) is 0. The van der Waals surface area contributed by atoms with Crippen LogP contribution in [0, 0.1) is 17.3 Å². The number of hydrogen-bond acceptors (Lipinski definition) is 2. The average Bonchev–Trinajstić information content (AvgIpc) is 3.16. The molecule has 1 aromatic carbocycles. The Morgan fingerprint density at radius 3 is 2.56 bits per heavy atom. The standard InChI is InChI=1S/C41H56OS/c1-8-32-20-23-35(24-21-32)34(17-13-16-33-14-11-9-10-12-15-33)22-18-30(3)40(42)39-28-37(31(4)43-39)26-36-27-38(41(5,6)7)25-19-29(36)2/h8,14,20-21,23-24,26,28,30,34,38H,1,4,9-13,15-19,22,25,27H2,2-3,5-7H3/b37-26-/t30?,34-,38-/m0/s1. The molecule has 0 saturated carbocycles. The Morgan fingerprint density at radius 1 is 1.07 bits per heavy atom. The summed E-state index contributed by atoms with van der Waals surface area (Å²) in [7, 11) is 0. The Hall–Kier alpha value is -2.45. The fourth-order valence-electron chi connectivity index (χ4n) is 6.98. The van der Waals surface area contributed by atoms with Crippen molar-refractivity contribution in [3.05, 3.63) is 85.5 Å². The van der Waals surface area contributed by atoms with Crippen LogP contribution in [-0.4, -0.2) is 5.78 Å². The lowest BCUT2D eigenvalue weighted by Crippen LogP contribution is -2.25.